The number of hydrogen-bond acceptors (Lipinski definition) is 7. The smallest absolute Gasteiger partial charge is 0.234 e. The lowest BCUT2D eigenvalue weighted by molar-refractivity contribution is -0.113. The number of aromatic nitrogens is 2. The van der Waals surface area contributed by atoms with Gasteiger partial charge in [-0.05, 0) is 30.3 Å². The van der Waals surface area contributed by atoms with Crippen LogP contribution in [0.5, 0.6) is 0 Å². The Labute approximate surface area is 185 Å². The number of anilines is 3. The molecule has 1 aliphatic rings. The monoisotopic (exact) mass is 430 g/mol. The van der Waals surface area contributed by atoms with Crippen LogP contribution in [0.1, 0.15) is 5.56 Å². The minimum Gasteiger partial charge on any atom is -0.368 e. The summed E-state index contributed by atoms with van der Waals surface area (Å²) in [4.78, 5) is 26.0. The van der Waals surface area contributed by atoms with Gasteiger partial charge in [-0.3, -0.25) is 4.79 Å². The minimum absolute atomic E-state index is 0.148. The van der Waals surface area contributed by atoms with Crippen LogP contribution in [0.2, 0.25) is 0 Å². The van der Waals surface area contributed by atoms with E-state index in [-0.39, 0.29) is 11.7 Å². The topological polar surface area (TPSA) is 85.1 Å². The molecule has 1 amide bonds. The van der Waals surface area contributed by atoms with Crippen LogP contribution in [-0.4, -0.2) is 47.8 Å². The number of carbonyl (C=O) groups is 1. The lowest BCUT2D eigenvalue weighted by atomic mass is 10.2. The normalized spacial score (nSPS) is 13.5. The third-order valence-electron chi connectivity index (χ3n) is 4.96. The van der Waals surface area contributed by atoms with Crippen molar-refractivity contribution >= 4 is 34.9 Å². The first-order valence-corrected chi connectivity index (χ1v) is 11.0. The van der Waals surface area contributed by atoms with Crippen molar-refractivity contribution < 1.29 is 4.79 Å². The van der Waals surface area contributed by atoms with Gasteiger partial charge in [-0.1, -0.05) is 36.0 Å². The Morgan fingerprint density at radius 2 is 1.74 bits per heavy atom. The second-order valence-corrected chi connectivity index (χ2v) is 7.99. The lowest BCUT2D eigenvalue weighted by Crippen LogP contribution is -2.47. The summed E-state index contributed by atoms with van der Waals surface area (Å²) >= 11 is 1.37. The van der Waals surface area contributed by atoms with E-state index in [0.29, 0.717) is 11.3 Å². The lowest BCUT2D eigenvalue weighted by Gasteiger charge is -2.37. The van der Waals surface area contributed by atoms with Gasteiger partial charge < -0.3 is 15.1 Å². The van der Waals surface area contributed by atoms with E-state index in [1.165, 1.54) is 17.4 Å². The Bertz CT molecular complexity index is 1080. The molecule has 0 atom stereocenters. The second-order valence-electron chi connectivity index (χ2n) is 7.02. The van der Waals surface area contributed by atoms with Crippen molar-refractivity contribution in [2.24, 2.45) is 0 Å². The Balaban J connectivity index is 1.35. The number of thioether (sulfide) groups is 1. The molecule has 4 rings (SSSR count). The number of piperazine rings is 1. The van der Waals surface area contributed by atoms with Crippen molar-refractivity contribution in [3.63, 3.8) is 0 Å². The number of carbonyl (C=O) groups excluding carboxylic acids is 1. The quantitative estimate of drug-likeness (QED) is 0.600. The van der Waals surface area contributed by atoms with Gasteiger partial charge in [-0.25, -0.2) is 9.97 Å². The number of benzene rings is 2. The van der Waals surface area contributed by atoms with Gasteiger partial charge >= 0.3 is 0 Å². The molecule has 0 bridgehead atoms. The maximum atomic E-state index is 12.4. The van der Waals surface area contributed by atoms with Crippen LogP contribution >= 0.6 is 11.8 Å². The fourth-order valence-corrected chi connectivity index (χ4v) is 4.24. The van der Waals surface area contributed by atoms with Gasteiger partial charge in [0.25, 0.3) is 0 Å². The number of amides is 1. The van der Waals surface area contributed by atoms with Crippen LogP contribution in [0.15, 0.2) is 72.0 Å². The zero-order valence-corrected chi connectivity index (χ0v) is 17.8. The van der Waals surface area contributed by atoms with Gasteiger partial charge in [0.05, 0.1) is 17.4 Å². The van der Waals surface area contributed by atoms with Crippen molar-refractivity contribution in [3.05, 3.63) is 72.6 Å². The summed E-state index contributed by atoms with van der Waals surface area (Å²) in [5, 5.41) is 12.6. The molecule has 1 aromatic heterocycles. The Hall–Kier alpha value is -3.57. The standard InChI is InChI=1S/C23H22N6OS/c24-16-18-5-4-6-19(15-18)27-21(30)17-31-23-22(25-9-10-26-23)29-13-11-28(12-14-29)20-7-2-1-3-8-20/h1-10,15H,11-14,17H2,(H,27,30). The van der Waals surface area contributed by atoms with Gasteiger partial charge in [0.15, 0.2) is 5.82 Å². The third-order valence-corrected chi connectivity index (χ3v) is 5.93. The molecule has 1 fully saturated rings. The first-order valence-electron chi connectivity index (χ1n) is 10.0. The van der Waals surface area contributed by atoms with E-state index in [0.717, 1.165) is 37.0 Å². The molecule has 7 nitrogen and oxygen atoms in total. The van der Waals surface area contributed by atoms with E-state index in [1.807, 2.05) is 6.07 Å². The Morgan fingerprint density at radius 3 is 2.52 bits per heavy atom. The highest BCUT2D eigenvalue weighted by Crippen LogP contribution is 2.27. The summed E-state index contributed by atoms with van der Waals surface area (Å²) in [7, 11) is 0. The summed E-state index contributed by atoms with van der Waals surface area (Å²) < 4.78 is 0. The van der Waals surface area contributed by atoms with Gasteiger partial charge in [-0.2, -0.15) is 5.26 Å². The second kappa shape index (κ2) is 9.96. The van der Waals surface area contributed by atoms with E-state index < -0.39 is 0 Å². The molecule has 0 radical (unpaired) electrons. The summed E-state index contributed by atoms with van der Waals surface area (Å²) in [5.41, 5.74) is 2.35. The molecule has 3 aromatic rings. The van der Waals surface area contributed by atoms with Crippen molar-refractivity contribution in [2.75, 3.05) is 47.0 Å². The number of nitrogens with zero attached hydrogens (tertiary/aromatic N) is 5. The SMILES string of the molecule is N#Cc1cccc(NC(=O)CSc2nccnc2N2CCN(c3ccccc3)CC2)c1. The highest BCUT2D eigenvalue weighted by molar-refractivity contribution is 8.00. The van der Waals surface area contributed by atoms with Gasteiger partial charge in [0.1, 0.15) is 5.03 Å². The van der Waals surface area contributed by atoms with Gasteiger partial charge in [-0.15, -0.1) is 0 Å². The molecule has 1 saturated heterocycles. The van der Waals surface area contributed by atoms with Crippen LogP contribution < -0.4 is 15.1 Å². The minimum atomic E-state index is -0.148. The molecule has 156 valence electrons. The largest absolute Gasteiger partial charge is 0.368 e. The van der Waals surface area contributed by atoms with Gasteiger partial charge in [0.2, 0.25) is 5.91 Å². The molecule has 0 unspecified atom stereocenters. The van der Waals surface area contributed by atoms with Crippen LogP contribution in [0.4, 0.5) is 17.2 Å². The number of para-hydroxylation sites is 1. The van der Waals surface area contributed by atoms with Crippen LogP contribution in [-0.2, 0) is 4.79 Å². The van der Waals surface area contributed by atoms with E-state index in [9.17, 15) is 4.79 Å². The molecule has 1 aliphatic heterocycles. The third kappa shape index (κ3) is 5.32. The van der Waals surface area contributed by atoms with Crippen molar-refractivity contribution in [1.29, 1.82) is 5.26 Å². The highest BCUT2D eigenvalue weighted by atomic mass is 32.2. The summed E-state index contributed by atoms with van der Waals surface area (Å²) in [5.74, 6) is 0.886. The molecule has 2 heterocycles. The molecule has 2 aromatic carbocycles. The molecular formula is C23H22N6OS. The molecule has 0 saturated carbocycles. The molecule has 1 N–H and O–H groups in total. The Kier molecular flexibility index (Phi) is 6.65. The maximum absolute atomic E-state index is 12.4. The molecule has 8 heteroatoms. The molecule has 0 spiro atoms. The Morgan fingerprint density at radius 1 is 1.00 bits per heavy atom. The predicted molar refractivity (Wildman–Crippen MR) is 123 cm³/mol. The van der Waals surface area contributed by atoms with Gasteiger partial charge in [0, 0.05) is 49.9 Å². The van der Waals surface area contributed by atoms with E-state index in [1.54, 1.807) is 36.7 Å². The fraction of sp³-hybridized carbons (Fsp3) is 0.217. The maximum Gasteiger partial charge on any atom is 0.234 e. The van der Waals surface area contributed by atoms with E-state index in [2.05, 4.69) is 55.4 Å². The summed E-state index contributed by atoms with van der Waals surface area (Å²) in [6, 6.07) is 19.3. The number of nitriles is 1. The van der Waals surface area contributed by atoms with Crippen molar-refractivity contribution in [1.82, 2.24) is 9.97 Å². The van der Waals surface area contributed by atoms with Crippen LogP contribution in [0.25, 0.3) is 0 Å². The highest BCUT2D eigenvalue weighted by Gasteiger charge is 2.21. The van der Waals surface area contributed by atoms with E-state index >= 15 is 0 Å². The molecular weight excluding hydrogens is 408 g/mol. The van der Waals surface area contributed by atoms with Crippen LogP contribution in [0, 0.1) is 11.3 Å². The fourth-order valence-electron chi connectivity index (χ4n) is 3.45. The average Bonchev–Trinajstić information content (AvgIpc) is 2.84. The van der Waals surface area contributed by atoms with Crippen molar-refractivity contribution in [3.8, 4) is 6.07 Å². The first kappa shape index (κ1) is 20.7. The average molecular weight is 431 g/mol. The zero-order chi connectivity index (χ0) is 21.5. The first-order chi connectivity index (χ1) is 15.2. The number of hydrogen-bond donors (Lipinski definition) is 1. The predicted octanol–water partition coefficient (Wildman–Crippen LogP) is 3.41. The van der Waals surface area contributed by atoms with E-state index in [4.69, 9.17) is 5.26 Å². The molecule has 0 aliphatic carbocycles. The number of rotatable bonds is 6. The van der Waals surface area contributed by atoms with Crippen LogP contribution in [0.3, 0.4) is 0 Å². The molecule has 31 heavy (non-hydrogen) atoms. The summed E-state index contributed by atoms with van der Waals surface area (Å²) in [6.07, 6.45) is 3.34. The van der Waals surface area contributed by atoms with Crippen molar-refractivity contribution in [2.45, 2.75) is 5.03 Å². The number of nitrogens with one attached hydrogen (secondary N) is 1. The zero-order valence-electron chi connectivity index (χ0n) is 16.9. The summed E-state index contributed by atoms with van der Waals surface area (Å²) in [6.45, 7) is 3.49.